The third-order valence-corrected chi connectivity index (χ3v) is 6.27. The van der Waals surface area contributed by atoms with E-state index in [4.69, 9.17) is 39.0 Å². The Bertz CT molecular complexity index is 267. The summed E-state index contributed by atoms with van der Waals surface area (Å²) in [6.07, 6.45) is 0.0266. The normalized spacial score (nSPS) is 14.3. The average Bonchev–Trinajstić information content (AvgIpc) is 2.54. The Morgan fingerprint density at radius 2 is 1.45 bits per heavy atom. The van der Waals surface area contributed by atoms with Crippen LogP contribution in [0, 0.1) is 0 Å². The maximum absolute atomic E-state index is 6.15. The fourth-order valence-corrected chi connectivity index (χ4v) is 5.01. The summed E-state index contributed by atoms with van der Waals surface area (Å²) < 4.78 is 33.8. The summed E-state index contributed by atoms with van der Waals surface area (Å²) >= 11 is 0. The van der Waals surface area contributed by atoms with Gasteiger partial charge in [-0.1, -0.05) is 0 Å². The van der Waals surface area contributed by atoms with Gasteiger partial charge in [-0.15, -0.1) is 0 Å². The van der Waals surface area contributed by atoms with Crippen molar-refractivity contribution in [1.29, 1.82) is 0 Å². The minimum Gasteiger partial charge on any atom is -0.374 e. The Labute approximate surface area is 134 Å². The summed E-state index contributed by atoms with van der Waals surface area (Å²) in [5.74, 6) is -1.41. The maximum Gasteiger partial charge on any atom is 0.501 e. The first-order chi connectivity index (χ1) is 10.5. The van der Waals surface area contributed by atoms with Crippen molar-refractivity contribution in [2.45, 2.75) is 38.4 Å². The van der Waals surface area contributed by atoms with Gasteiger partial charge < -0.3 is 39.0 Å². The first-order valence-corrected chi connectivity index (χ1v) is 9.48. The fraction of sp³-hybridized carbons (Fsp3) is 1.00. The van der Waals surface area contributed by atoms with Crippen LogP contribution in [0.2, 0.25) is 6.04 Å². The number of hydrogen-bond acceptors (Lipinski definition) is 8. The van der Waals surface area contributed by atoms with Crippen LogP contribution < -0.4 is 11.5 Å². The van der Waals surface area contributed by atoms with E-state index >= 15 is 0 Å². The SMILES string of the molecule is CCO[Si](CCCN)(OCC)OC(CN)C(OC)(OC)OC. The van der Waals surface area contributed by atoms with Crippen molar-refractivity contribution in [1.82, 2.24) is 0 Å². The molecule has 0 aliphatic carbocycles. The van der Waals surface area contributed by atoms with Crippen molar-refractivity contribution in [2.24, 2.45) is 11.5 Å². The van der Waals surface area contributed by atoms with Gasteiger partial charge in [-0.2, -0.15) is 0 Å². The molecule has 0 amide bonds. The van der Waals surface area contributed by atoms with Crippen LogP contribution in [0.3, 0.4) is 0 Å². The molecule has 1 unspecified atom stereocenters. The Morgan fingerprint density at radius 3 is 1.77 bits per heavy atom. The summed E-state index contributed by atoms with van der Waals surface area (Å²) in [7, 11) is 1.43. The van der Waals surface area contributed by atoms with E-state index in [0.29, 0.717) is 25.8 Å². The van der Waals surface area contributed by atoms with Crippen molar-refractivity contribution < 1.29 is 27.5 Å². The molecule has 0 aromatic heterocycles. The molecule has 0 aromatic carbocycles. The van der Waals surface area contributed by atoms with E-state index in [2.05, 4.69) is 0 Å². The maximum atomic E-state index is 6.15. The van der Waals surface area contributed by atoms with Gasteiger partial charge in [-0.05, 0) is 26.8 Å². The van der Waals surface area contributed by atoms with Crippen molar-refractivity contribution >= 4 is 8.80 Å². The molecule has 0 bridgehead atoms. The molecule has 0 saturated heterocycles. The third kappa shape index (κ3) is 5.83. The molecule has 0 heterocycles. The first kappa shape index (κ1) is 21.9. The average molecular weight is 340 g/mol. The number of methoxy groups -OCH3 is 3. The molecule has 9 heteroatoms. The van der Waals surface area contributed by atoms with Crippen LogP contribution in [0.1, 0.15) is 20.3 Å². The van der Waals surface area contributed by atoms with Crippen LogP contribution in [-0.4, -0.2) is 68.5 Å². The van der Waals surface area contributed by atoms with E-state index in [9.17, 15) is 0 Å². The van der Waals surface area contributed by atoms with Crippen molar-refractivity contribution in [3.8, 4) is 0 Å². The highest BCUT2D eigenvalue weighted by atomic mass is 28.4. The number of nitrogens with two attached hydrogens (primary N) is 2. The Kier molecular flexibility index (Phi) is 11.4. The highest BCUT2D eigenvalue weighted by molar-refractivity contribution is 6.60. The summed E-state index contributed by atoms with van der Waals surface area (Å²) in [6.45, 7) is 5.35. The predicted molar refractivity (Wildman–Crippen MR) is 85.2 cm³/mol. The smallest absolute Gasteiger partial charge is 0.374 e. The second-order valence-corrected chi connectivity index (χ2v) is 7.18. The Morgan fingerprint density at radius 1 is 0.955 bits per heavy atom. The van der Waals surface area contributed by atoms with Crippen LogP contribution in [0.25, 0.3) is 0 Å². The molecular weight excluding hydrogens is 308 g/mol. The monoisotopic (exact) mass is 340 g/mol. The standard InChI is InChI=1S/C13H32N2O6Si/c1-6-19-22(20-7-2,10-8-9-14)21-12(11-15)13(16-3,17-4)18-5/h12H,6-11,14-15H2,1-5H3. The lowest BCUT2D eigenvalue weighted by Crippen LogP contribution is -2.59. The van der Waals surface area contributed by atoms with Gasteiger partial charge in [0.25, 0.3) is 0 Å². The van der Waals surface area contributed by atoms with Crippen molar-refractivity contribution in [3.63, 3.8) is 0 Å². The van der Waals surface area contributed by atoms with E-state index in [1.165, 1.54) is 21.3 Å². The van der Waals surface area contributed by atoms with Crippen LogP contribution in [0.5, 0.6) is 0 Å². The van der Waals surface area contributed by atoms with E-state index in [-0.39, 0.29) is 6.54 Å². The highest BCUT2D eigenvalue weighted by Crippen LogP contribution is 2.27. The van der Waals surface area contributed by atoms with E-state index in [1.54, 1.807) is 0 Å². The minimum atomic E-state index is -2.96. The molecule has 22 heavy (non-hydrogen) atoms. The summed E-state index contributed by atoms with van der Waals surface area (Å²) in [6, 6.07) is 0.592. The van der Waals surface area contributed by atoms with Crippen LogP contribution >= 0.6 is 0 Å². The van der Waals surface area contributed by atoms with Gasteiger partial charge in [0.15, 0.2) is 0 Å². The zero-order valence-electron chi connectivity index (χ0n) is 14.4. The lowest BCUT2D eigenvalue weighted by Gasteiger charge is -2.40. The number of rotatable bonds is 14. The van der Waals surface area contributed by atoms with Crippen LogP contribution in [0.15, 0.2) is 0 Å². The second kappa shape index (κ2) is 11.4. The summed E-state index contributed by atoms with van der Waals surface area (Å²) in [4.78, 5) is 0. The Hall–Kier alpha value is -0.103. The number of hydrogen-bond donors (Lipinski definition) is 2. The summed E-state index contributed by atoms with van der Waals surface area (Å²) in [5, 5.41) is 0. The van der Waals surface area contributed by atoms with E-state index in [0.717, 1.165) is 6.42 Å². The molecule has 1 atom stereocenters. The van der Waals surface area contributed by atoms with Gasteiger partial charge in [0.1, 0.15) is 6.10 Å². The molecule has 0 fully saturated rings. The van der Waals surface area contributed by atoms with Gasteiger partial charge in [0.05, 0.1) is 0 Å². The molecule has 0 radical (unpaired) electrons. The molecule has 134 valence electrons. The molecule has 4 N–H and O–H groups in total. The predicted octanol–water partition coefficient (Wildman–Crippen LogP) is 0.284. The van der Waals surface area contributed by atoms with Gasteiger partial charge in [-0.25, -0.2) is 0 Å². The molecular formula is C13H32N2O6Si. The summed E-state index contributed by atoms with van der Waals surface area (Å²) in [5.41, 5.74) is 11.4. The molecule has 0 rings (SSSR count). The van der Waals surface area contributed by atoms with E-state index < -0.39 is 20.9 Å². The molecule has 0 aliphatic rings. The largest absolute Gasteiger partial charge is 0.501 e. The van der Waals surface area contributed by atoms with Crippen molar-refractivity contribution in [2.75, 3.05) is 47.6 Å². The first-order valence-electron chi connectivity index (χ1n) is 7.54. The minimum absolute atomic E-state index is 0.118. The van der Waals surface area contributed by atoms with E-state index in [1.807, 2.05) is 13.8 Å². The molecule has 0 aliphatic heterocycles. The fourth-order valence-electron chi connectivity index (χ4n) is 2.20. The third-order valence-electron chi connectivity index (χ3n) is 3.20. The number of ether oxygens (including phenoxy) is 3. The Balaban J connectivity index is 5.35. The lowest BCUT2D eigenvalue weighted by molar-refractivity contribution is -0.386. The zero-order valence-corrected chi connectivity index (χ0v) is 15.4. The topological polar surface area (TPSA) is 107 Å². The molecule has 0 aromatic rings. The quantitative estimate of drug-likeness (QED) is 0.343. The zero-order chi connectivity index (χ0) is 17.1. The lowest BCUT2D eigenvalue weighted by atomic mass is 10.3. The van der Waals surface area contributed by atoms with Gasteiger partial charge in [0, 0.05) is 47.1 Å². The molecule has 0 saturated carbocycles. The van der Waals surface area contributed by atoms with Crippen LogP contribution in [0.4, 0.5) is 0 Å². The van der Waals surface area contributed by atoms with Gasteiger partial charge in [0.2, 0.25) is 0 Å². The van der Waals surface area contributed by atoms with Crippen molar-refractivity contribution in [3.05, 3.63) is 0 Å². The second-order valence-electron chi connectivity index (χ2n) is 4.50. The molecule has 0 spiro atoms. The molecule has 8 nitrogen and oxygen atoms in total. The van der Waals surface area contributed by atoms with Gasteiger partial charge >= 0.3 is 14.8 Å². The van der Waals surface area contributed by atoms with Gasteiger partial charge in [-0.3, -0.25) is 0 Å². The highest BCUT2D eigenvalue weighted by Gasteiger charge is 2.50. The van der Waals surface area contributed by atoms with Crippen LogP contribution in [-0.2, 0) is 27.5 Å².